The molecule has 0 saturated heterocycles. The number of carbonyl (C=O) groups is 1. The van der Waals surface area contributed by atoms with E-state index in [9.17, 15) is 13.2 Å². The van der Waals surface area contributed by atoms with E-state index < -0.39 is 9.84 Å². The fraction of sp³-hybridized carbons (Fsp3) is 0.350. The standard InChI is InChI=1S/C20H24BrNO4S/c1-13(2)16-7-10-19(18(21)11-16)26-12-20(23)22-14(3)15-5-8-17(9-6-15)27(4,24)25/h5-11,13-14H,12H2,1-4H3,(H,22,23). The Bertz CT molecular complexity index is 908. The minimum Gasteiger partial charge on any atom is -0.483 e. The molecule has 1 N–H and O–H groups in total. The second-order valence-electron chi connectivity index (χ2n) is 6.76. The summed E-state index contributed by atoms with van der Waals surface area (Å²) < 4.78 is 29.4. The van der Waals surface area contributed by atoms with Gasteiger partial charge in [0.2, 0.25) is 0 Å². The van der Waals surface area contributed by atoms with Crippen LogP contribution in [0.15, 0.2) is 51.8 Å². The van der Waals surface area contributed by atoms with Gasteiger partial charge in [-0.05, 0) is 64.2 Å². The highest BCUT2D eigenvalue weighted by Crippen LogP contribution is 2.28. The molecule has 146 valence electrons. The van der Waals surface area contributed by atoms with Crippen LogP contribution in [-0.2, 0) is 14.6 Å². The first kappa shape index (κ1) is 21.4. The van der Waals surface area contributed by atoms with Crippen LogP contribution in [0.3, 0.4) is 0 Å². The van der Waals surface area contributed by atoms with Crippen LogP contribution in [0, 0.1) is 0 Å². The van der Waals surface area contributed by atoms with E-state index in [1.165, 1.54) is 17.7 Å². The molecule has 0 saturated carbocycles. The van der Waals surface area contributed by atoms with E-state index in [1.54, 1.807) is 12.1 Å². The smallest absolute Gasteiger partial charge is 0.258 e. The lowest BCUT2D eigenvalue weighted by Crippen LogP contribution is -2.31. The number of benzene rings is 2. The van der Waals surface area contributed by atoms with Crippen LogP contribution in [0.1, 0.15) is 43.9 Å². The summed E-state index contributed by atoms with van der Waals surface area (Å²) in [5.41, 5.74) is 2.00. The van der Waals surface area contributed by atoms with E-state index in [1.807, 2.05) is 25.1 Å². The topological polar surface area (TPSA) is 72.5 Å². The van der Waals surface area contributed by atoms with E-state index >= 15 is 0 Å². The summed E-state index contributed by atoms with van der Waals surface area (Å²) in [4.78, 5) is 12.4. The van der Waals surface area contributed by atoms with Gasteiger partial charge < -0.3 is 10.1 Å². The molecule has 7 heteroatoms. The van der Waals surface area contributed by atoms with Gasteiger partial charge in [0.05, 0.1) is 15.4 Å². The molecule has 0 aliphatic carbocycles. The number of carbonyl (C=O) groups excluding carboxylic acids is 1. The Balaban J connectivity index is 1.93. The summed E-state index contributed by atoms with van der Waals surface area (Å²) in [6.07, 6.45) is 1.16. The Labute approximate surface area is 169 Å². The van der Waals surface area contributed by atoms with Crippen LogP contribution >= 0.6 is 15.9 Å². The van der Waals surface area contributed by atoms with E-state index in [0.29, 0.717) is 11.7 Å². The Kier molecular flexibility index (Phi) is 7.06. The molecule has 0 fully saturated rings. The number of halogens is 1. The van der Waals surface area contributed by atoms with Crippen LogP contribution < -0.4 is 10.1 Å². The van der Waals surface area contributed by atoms with Crippen molar-refractivity contribution < 1.29 is 17.9 Å². The lowest BCUT2D eigenvalue weighted by molar-refractivity contribution is -0.123. The predicted molar refractivity (Wildman–Crippen MR) is 110 cm³/mol. The largest absolute Gasteiger partial charge is 0.483 e. The summed E-state index contributed by atoms with van der Waals surface area (Å²) in [5, 5.41) is 2.85. The number of hydrogen-bond donors (Lipinski definition) is 1. The van der Waals surface area contributed by atoms with E-state index in [2.05, 4.69) is 35.1 Å². The van der Waals surface area contributed by atoms with E-state index in [4.69, 9.17) is 4.74 Å². The van der Waals surface area contributed by atoms with Crippen molar-refractivity contribution in [2.45, 2.75) is 37.6 Å². The van der Waals surface area contributed by atoms with Gasteiger partial charge in [-0.3, -0.25) is 4.79 Å². The van der Waals surface area contributed by atoms with Crippen molar-refractivity contribution in [3.8, 4) is 5.75 Å². The van der Waals surface area contributed by atoms with Crippen LogP contribution in [-0.4, -0.2) is 27.2 Å². The molecule has 0 bridgehead atoms. The van der Waals surface area contributed by atoms with Gasteiger partial charge in [-0.2, -0.15) is 0 Å². The molecule has 0 aliphatic rings. The molecule has 2 rings (SSSR count). The van der Waals surface area contributed by atoms with Crippen LogP contribution in [0.2, 0.25) is 0 Å². The quantitative estimate of drug-likeness (QED) is 0.680. The molecule has 0 spiro atoms. The Hall–Kier alpha value is -1.86. The second kappa shape index (κ2) is 8.89. The van der Waals surface area contributed by atoms with Crippen LogP contribution in [0.4, 0.5) is 0 Å². The molecule has 0 aromatic heterocycles. The first-order valence-corrected chi connectivity index (χ1v) is 11.3. The molecular weight excluding hydrogens is 430 g/mol. The zero-order valence-electron chi connectivity index (χ0n) is 15.8. The van der Waals surface area contributed by atoms with Crippen molar-refractivity contribution in [2.24, 2.45) is 0 Å². The van der Waals surface area contributed by atoms with Gasteiger partial charge in [0.15, 0.2) is 16.4 Å². The average Bonchev–Trinajstić information content (AvgIpc) is 2.59. The second-order valence-corrected chi connectivity index (χ2v) is 9.63. The minimum atomic E-state index is -3.23. The van der Waals surface area contributed by atoms with Gasteiger partial charge >= 0.3 is 0 Å². The number of ether oxygens (including phenoxy) is 1. The van der Waals surface area contributed by atoms with Crippen molar-refractivity contribution >= 4 is 31.7 Å². The summed E-state index contributed by atoms with van der Waals surface area (Å²) in [6, 6.07) is 12.0. The molecule has 2 aromatic rings. The van der Waals surface area contributed by atoms with Crippen molar-refractivity contribution in [2.75, 3.05) is 12.9 Å². The van der Waals surface area contributed by atoms with Gasteiger partial charge in [-0.1, -0.05) is 32.0 Å². The van der Waals surface area contributed by atoms with Gasteiger partial charge in [0, 0.05) is 6.26 Å². The van der Waals surface area contributed by atoms with E-state index in [0.717, 1.165) is 16.3 Å². The fourth-order valence-electron chi connectivity index (χ4n) is 2.51. The molecule has 2 aromatic carbocycles. The molecule has 5 nitrogen and oxygen atoms in total. The summed E-state index contributed by atoms with van der Waals surface area (Å²) in [7, 11) is -3.23. The molecule has 1 amide bonds. The number of hydrogen-bond acceptors (Lipinski definition) is 4. The van der Waals surface area contributed by atoms with Crippen molar-refractivity contribution in [1.29, 1.82) is 0 Å². The van der Waals surface area contributed by atoms with Crippen molar-refractivity contribution in [3.05, 3.63) is 58.1 Å². The maximum absolute atomic E-state index is 12.2. The molecule has 1 unspecified atom stereocenters. The lowest BCUT2D eigenvalue weighted by Gasteiger charge is -2.16. The normalized spacial score (nSPS) is 12.7. The minimum absolute atomic E-state index is 0.106. The van der Waals surface area contributed by atoms with Crippen LogP contribution in [0.5, 0.6) is 5.75 Å². The Morgan fingerprint density at radius 1 is 1.07 bits per heavy atom. The number of nitrogens with one attached hydrogen (secondary N) is 1. The number of sulfone groups is 1. The van der Waals surface area contributed by atoms with Gasteiger partial charge in [-0.15, -0.1) is 0 Å². The monoisotopic (exact) mass is 453 g/mol. The maximum atomic E-state index is 12.2. The number of rotatable bonds is 7. The first-order chi connectivity index (χ1) is 12.6. The van der Waals surface area contributed by atoms with Gasteiger partial charge in [-0.25, -0.2) is 8.42 Å². The Morgan fingerprint density at radius 2 is 1.67 bits per heavy atom. The maximum Gasteiger partial charge on any atom is 0.258 e. The Morgan fingerprint density at radius 3 is 2.19 bits per heavy atom. The molecular formula is C20H24BrNO4S. The highest BCUT2D eigenvalue weighted by atomic mass is 79.9. The molecule has 0 radical (unpaired) electrons. The highest BCUT2D eigenvalue weighted by molar-refractivity contribution is 9.10. The van der Waals surface area contributed by atoms with E-state index in [-0.39, 0.29) is 23.5 Å². The first-order valence-electron chi connectivity index (χ1n) is 8.59. The average molecular weight is 454 g/mol. The molecule has 1 atom stereocenters. The third kappa shape index (κ3) is 6.07. The molecule has 0 heterocycles. The third-order valence-corrected chi connectivity index (χ3v) is 5.92. The molecule has 27 heavy (non-hydrogen) atoms. The number of amides is 1. The summed E-state index contributed by atoms with van der Waals surface area (Å²) in [5.74, 6) is 0.766. The predicted octanol–water partition coefficient (Wildman–Crippen LogP) is 4.23. The van der Waals surface area contributed by atoms with Crippen molar-refractivity contribution in [3.63, 3.8) is 0 Å². The summed E-state index contributed by atoms with van der Waals surface area (Å²) >= 11 is 3.47. The molecule has 0 aliphatic heterocycles. The fourth-order valence-corrected chi connectivity index (χ4v) is 3.65. The SMILES string of the molecule is CC(C)c1ccc(OCC(=O)NC(C)c2ccc(S(C)(=O)=O)cc2)c(Br)c1. The van der Waals surface area contributed by atoms with Gasteiger partial charge in [0.25, 0.3) is 5.91 Å². The zero-order valence-corrected chi connectivity index (χ0v) is 18.2. The van der Waals surface area contributed by atoms with Crippen LogP contribution in [0.25, 0.3) is 0 Å². The highest BCUT2D eigenvalue weighted by Gasteiger charge is 2.13. The zero-order chi connectivity index (χ0) is 20.2. The van der Waals surface area contributed by atoms with Gasteiger partial charge in [0.1, 0.15) is 5.75 Å². The summed E-state index contributed by atoms with van der Waals surface area (Å²) in [6.45, 7) is 5.95. The lowest BCUT2D eigenvalue weighted by atomic mass is 10.0. The van der Waals surface area contributed by atoms with Crippen molar-refractivity contribution in [1.82, 2.24) is 5.32 Å². The third-order valence-electron chi connectivity index (χ3n) is 4.17.